The number of rotatable bonds is 8. The Morgan fingerprint density at radius 3 is 2.30 bits per heavy atom. The van der Waals surface area contributed by atoms with E-state index in [0.717, 1.165) is 25.7 Å². The van der Waals surface area contributed by atoms with Gasteiger partial charge in [0.2, 0.25) is 17.1 Å². The molecule has 0 amide bonds. The Morgan fingerprint density at radius 1 is 1.00 bits per heavy atom. The molecule has 37 heavy (non-hydrogen) atoms. The second-order valence-electron chi connectivity index (χ2n) is 9.37. The summed E-state index contributed by atoms with van der Waals surface area (Å²) in [4.78, 5) is 0. The summed E-state index contributed by atoms with van der Waals surface area (Å²) in [6, 6.07) is 17.8. The summed E-state index contributed by atoms with van der Waals surface area (Å²) in [5, 5.41) is 40.5. The van der Waals surface area contributed by atoms with Crippen LogP contribution in [0.3, 0.4) is 0 Å². The minimum atomic E-state index is -2.07. The summed E-state index contributed by atoms with van der Waals surface area (Å²) in [7, 11) is 0. The summed E-state index contributed by atoms with van der Waals surface area (Å²) in [6.45, 7) is 4.36. The molecular formula is C28H26Cl2N4O3. The van der Waals surface area contributed by atoms with Gasteiger partial charge in [0.05, 0.1) is 35.8 Å². The maximum absolute atomic E-state index is 10.4. The summed E-state index contributed by atoms with van der Waals surface area (Å²) in [5.41, 5.74) is -3.16. The smallest absolute Gasteiger partial charge is 0.245 e. The van der Waals surface area contributed by atoms with E-state index in [1.807, 2.05) is 12.1 Å². The van der Waals surface area contributed by atoms with Gasteiger partial charge in [-0.3, -0.25) is 5.41 Å². The second kappa shape index (κ2) is 10.2. The van der Waals surface area contributed by atoms with E-state index in [1.54, 1.807) is 43.3 Å². The van der Waals surface area contributed by atoms with Gasteiger partial charge in [-0.2, -0.15) is 15.8 Å². The number of hydrogen-bond donors (Lipinski definition) is 1. The highest BCUT2D eigenvalue weighted by Crippen LogP contribution is 2.69. The minimum Gasteiger partial charge on any atom is -0.494 e. The van der Waals surface area contributed by atoms with Crippen LogP contribution in [0.1, 0.15) is 56.8 Å². The number of fused-ring (bicyclic) bond motifs is 2. The van der Waals surface area contributed by atoms with Crippen LogP contribution in [0.2, 0.25) is 10.0 Å². The molecule has 190 valence electrons. The highest BCUT2D eigenvalue weighted by Gasteiger charge is 2.80. The number of nitrogens with zero attached hydrogens (tertiary/aromatic N) is 3. The largest absolute Gasteiger partial charge is 0.494 e. The fraction of sp³-hybridized carbons (Fsp3) is 0.429. The monoisotopic (exact) mass is 536 g/mol. The van der Waals surface area contributed by atoms with Gasteiger partial charge < -0.3 is 14.2 Å². The zero-order chi connectivity index (χ0) is 26.8. The van der Waals surface area contributed by atoms with Crippen LogP contribution in [0.15, 0.2) is 42.5 Å². The van der Waals surface area contributed by atoms with Gasteiger partial charge in [-0.25, -0.2) is 0 Å². The predicted octanol–water partition coefficient (Wildman–Crippen LogP) is 7.06. The first-order valence-corrected chi connectivity index (χ1v) is 12.9. The number of unbranched alkanes of at least 4 members (excludes halogenated alkanes) is 3. The zero-order valence-electron chi connectivity index (χ0n) is 20.6. The lowest BCUT2D eigenvalue weighted by Gasteiger charge is -2.49. The van der Waals surface area contributed by atoms with Crippen LogP contribution in [-0.4, -0.2) is 12.5 Å². The summed E-state index contributed by atoms with van der Waals surface area (Å²) >= 11 is 12.6. The molecule has 2 saturated heterocycles. The average Bonchev–Trinajstić information content (AvgIpc) is 3.05. The van der Waals surface area contributed by atoms with Crippen LogP contribution in [0.5, 0.6) is 5.75 Å². The Hall–Kier alpha value is -3.28. The molecular weight excluding hydrogens is 511 g/mol. The van der Waals surface area contributed by atoms with Crippen LogP contribution in [0.25, 0.3) is 0 Å². The highest BCUT2D eigenvalue weighted by atomic mass is 35.5. The number of benzene rings is 2. The molecule has 0 radical (unpaired) electrons. The van der Waals surface area contributed by atoms with Gasteiger partial charge in [0.1, 0.15) is 11.9 Å². The molecule has 4 unspecified atom stereocenters. The quantitative estimate of drug-likeness (QED) is 0.360. The molecule has 1 N–H and O–H groups in total. The molecule has 2 aromatic carbocycles. The SMILES string of the molecule is CCCCCCOc1ccc(C2OC3(c4ccc(Cl)cc4Cl)OC(=N)C(C#N)(C3C)C2(C#N)C#N)cc1. The first-order valence-electron chi connectivity index (χ1n) is 12.1. The van der Waals surface area contributed by atoms with Crippen LogP contribution in [0.4, 0.5) is 0 Å². The topological polar surface area (TPSA) is 123 Å². The Morgan fingerprint density at radius 2 is 1.70 bits per heavy atom. The number of halogens is 2. The fourth-order valence-corrected chi connectivity index (χ4v) is 5.91. The Balaban J connectivity index is 1.79. The van der Waals surface area contributed by atoms with Gasteiger partial charge in [0, 0.05) is 10.6 Å². The van der Waals surface area contributed by atoms with Gasteiger partial charge in [-0.05, 0) is 42.3 Å². The summed E-state index contributed by atoms with van der Waals surface area (Å²) in [6.07, 6.45) is 3.10. The van der Waals surface area contributed by atoms with Crippen LogP contribution >= 0.6 is 23.2 Å². The number of nitrogens with one attached hydrogen (secondary N) is 1. The lowest BCUT2D eigenvalue weighted by atomic mass is 9.53. The molecule has 0 aromatic heterocycles. The molecule has 0 spiro atoms. The van der Waals surface area contributed by atoms with Crippen LogP contribution in [0, 0.1) is 56.2 Å². The summed E-state index contributed by atoms with van der Waals surface area (Å²) < 4.78 is 18.3. The van der Waals surface area contributed by atoms with Gasteiger partial charge in [0.15, 0.2) is 5.41 Å². The van der Waals surface area contributed by atoms with E-state index >= 15 is 0 Å². The average molecular weight is 537 g/mol. The number of hydrogen-bond acceptors (Lipinski definition) is 7. The maximum atomic E-state index is 10.4. The molecule has 4 rings (SSSR count). The second-order valence-corrected chi connectivity index (χ2v) is 10.2. The van der Waals surface area contributed by atoms with E-state index in [-0.39, 0.29) is 5.02 Å². The van der Waals surface area contributed by atoms with Crippen molar-refractivity contribution in [2.45, 2.75) is 51.4 Å². The van der Waals surface area contributed by atoms with E-state index in [0.29, 0.717) is 28.5 Å². The Kier molecular flexibility index (Phi) is 7.40. The number of nitriles is 3. The Labute approximate surface area is 226 Å². The van der Waals surface area contributed by atoms with Crippen molar-refractivity contribution in [1.82, 2.24) is 0 Å². The third-order valence-electron chi connectivity index (χ3n) is 7.42. The predicted molar refractivity (Wildman–Crippen MR) is 138 cm³/mol. The molecule has 2 aromatic rings. The standard InChI is InChI=1S/C28H26Cl2N4O3/c1-3-4-5-6-13-35-21-10-7-19(8-11-21)24-26(15-31,16-32)27(17-33)18(2)28(36-24,37-25(27)34)22-12-9-20(29)14-23(22)30/h7-12,14,18,24,34H,3-6,13H2,1-2H3. The van der Waals surface area contributed by atoms with Gasteiger partial charge in [-0.1, -0.05) is 68.4 Å². The van der Waals surface area contributed by atoms with E-state index < -0.39 is 34.5 Å². The molecule has 2 aliphatic heterocycles. The van der Waals surface area contributed by atoms with Crippen LogP contribution in [-0.2, 0) is 15.3 Å². The molecule has 2 bridgehead atoms. The lowest BCUT2D eigenvalue weighted by Crippen LogP contribution is -2.57. The van der Waals surface area contributed by atoms with Crippen molar-refractivity contribution in [2.24, 2.45) is 16.7 Å². The minimum absolute atomic E-state index is 0.216. The molecule has 7 nitrogen and oxygen atoms in total. The molecule has 0 saturated carbocycles. The lowest BCUT2D eigenvalue weighted by molar-refractivity contribution is -0.288. The van der Waals surface area contributed by atoms with Gasteiger partial charge in [-0.15, -0.1) is 0 Å². The van der Waals surface area contributed by atoms with Crippen molar-refractivity contribution < 1.29 is 14.2 Å². The normalized spacial score (nSPS) is 27.4. The number of ether oxygens (including phenoxy) is 3. The van der Waals surface area contributed by atoms with Gasteiger partial charge >= 0.3 is 0 Å². The fourth-order valence-electron chi connectivity index (χ4n) is 5.37. The molecule has 4 atom stereocenters. The van der Waals surface area contributed by atoms with Crippen molar-refractivity contribution in [2.75, 3.05) is 6.61 Å². The van der Waals surface area contributed by atoms with E-state index in [1.165, 1.54) is 6.07 Å². The van der Waals surface area contributed by atoms with Crippen molar-refractivity contribution in [3.8, 4) is 24.0 Å². The summed E-state index contributed by atoms with van der Waals surface area (Å²) in [5.74, 6) is -2.48. The van der Waals surface area contributed by atoms with Crippen molar-refractivity contribution in [3.05, 3.63) is 63.6 Å². The van der Waals surface area contributed by atoms with Crippen molar-refractivity contribution in [3.63, 3.8) is 0 Å². The first-order chi connectivity index (χ1) is 17.8. The maximum Gasteiger partial charge on any atom is 0.245 e. The van der Waals surface area contributed by atoms with E-state index in [4.69, 9.17) is 42.8 Å². The third kappa shape index (κ3) is 3.92. The Bertz CT molecular complexity index is 1310. The van der Waals surface area contributed by atoms with E-state index in [2.05, 4.69) is 13.0 Å². The van der Waals surface area contributed by atoms with Crippen molar-refractivity contribution >= 4 is 29.1 Å². The molecule has 9 heteroatoms. The molecule has 2 heterocycles. The first kappa shape index (κ1) is 26.8. The zero-order valence-corrected chi connectivity index (χ0v) is 22.1. The van der Waals surface area contributed by atoms with Gasteiger partial charge in [0.25, 0.3) is 0 Å². The molecule has 0 aliphatic carbocycles. The van der Waals surface area contributed by atoms with Crippen LogP contribution < -0.4 is 4.74 Å². The highest BCUT2D eigenvalue weighted by molar-refractivity contribution is 6.35. The van der Waals surface area contributed by atoms with E-state index in [9.17, 15) is 15.8 Å². The molecule has 2 aliphatic rings. The molecule has 2 fully saturated rings. The third-order valence-corrected chi connectivity index (χ3v) is 7.97. The van der Waals surface area contributed by atoms with Crippen molar-refractivity contribution in [1.29, 1.82) is 21.2 Å².